The van der Waals surface area contributed by atoms with E-state index >= 15 is 0 Å². The molecule has 0 aromatic carbocycles. The summed E-state index contributed by atoms with van der Waals surface area (Å²) in [4.78, 5) is 11.2. The van der Waals surface area contributed by atoms with Crippen molar-refractivity contribution >= 4 is 5.91 Å². The molecule has 1 fully saturated rings. The Labute approximate surface area is 91.8 Å². The summed E-state index contributed by atoms with van der Waals surface area (Å²) in [6.07, 6.45) is 10.7. The SMILES string of the molecule is C=C/C=C(\C=C/C)C1CCCC(=O)NC1. The van der Waals surface area contributed by atoms with Gasteiger partial charge in [-0.05, 0) is 25.3 Å². The molecular formula is C13H19NO. The molecule has 0 radical (unpaired) electrons. The molecule has 0 saturated carbocycles. The lowest BCUT2D eigenvalue weighted by atomic mass is 9.93. The van der Waals surface area contributed by atoms with Gasteiger partial charge < -0.3 is 5.32 Å². The average Bonchev–Trinajstić information content (AvgIpc) is 2.43. The highest BCUT2D eigenvalue weighted by Crippen LogP contribution is 2.21. The summed E-state index contributed by atoms with van der Waals surface area (Å²) in [7, 11) is 0. The fourth-order valence-corrected chi connectivity index (χ4v) is 1.88. The van der Waals surface area contributed by atoms with Gasteiger partial charge in [0.15, 0.2) is 0 Å². The van der Waals surface area contributed by atoms with Gasteiger partial charge >= 0.3 is 0 Å². The minimum Gasteiger partial charge on any atom is -0.355 e. The Bertz CT molecular complexity index is 289. The number of amides is 1. The predicted molar refractivity (Wildman–Crippen MR) is 63.4 cm³/mol. The summed E-state index contributed by atoms with van der Waals surface area (Å²) in [6.45, 7) is 6.48. The van der Waals surface area contributed by atoms with Crippen LogP contribution < -0.4 is 5.32 Å². The Hall–Kier alpha value is -1.31. The van der Waals surface area contributed by atoms with Crippen molar-refractivity contribution in [1.29, 1.82) is 0 Å². The third kappa shape index (κ3) is 3.74. The van der Waals surface area contributed by atoms with E-state index in [-0.39, 0.29) is 5.91 Å². The maximum absolute atomic E-state index is 11.2. The van der Waals surface area contributed by atoms with Gasteiger partial charge in [-0.3, -0.25) is 4.79 Å². The third-order valence-electron chi connectivity index (χ3n) is 2.64. The van der Waals surface area contributed by atoms with Crippen molar-refractivity contribution in [3.05, 3.63) is 36.5 Å². The highest BCUT2D eigenvalue weighted by atomic mass is 16.1. The summed E-state index contributed by atoms with van der Waals surface area (Å²) >= 11 is 0. The van der Waals surface area contributed by atoms with Gasteiger partial charge in [-0.25, -0.2) is 0 Å². The van der Waals surface area contributed by atoms with Crippen LogP contribution in [0.3, 0.4) is 0 Å². The smallest absolute Gasteiger partial charge is 0.220 e. The normalized spacial score (nSPS) is 23.7. The van der Waals surface area contributed by atoms with E-state index in [9.17, 15) is 4.79 Å². The molecule has 1 saturated heterocycles. The molecule has 0 spiro atoms. The van der Waals surface area contributed by atoms with E-state index in [0.717, 1.165) is 19.4 Å². The van der Waals surface area contributed by atoms with Crippen molar-refractivity contribution in [2.24, 2.45) is 5.92 Å². The number of hydrogen-bond donors (Lipinski definition) is 1. The van der Waals surface area contributed by atoms with Crippen molar-refractivity contribution in [3.8, 4) is 0 Å². The van der Waals surface area contributed by atoms with E-state index in [1.54, 1.807) is 0 Å². The summed E-state index contributed by atoms with van der Waals surface area (Å²) < 4.78 is 0. The Morgan fingerprint density at radius 3 is 3.07 bits per heavy atom. The van der Waals surface area contributed by atoms with E-state index in [1.807, 2.05) is 25.2 Å². The number of carbonyl (C=O) groups is 1. The van der Waals surface area contributed by atoms with Gasteiger partial charge in [0.25, 0.3) is 0 Å². The standard InChI is InChI=1S/C13H19NO/c1-3-6-11(7-4-2)12-8-5-9-13(15)14-10-12/h3-4,6-7,12H,1,5,8-10H2,2H3,(H,14,15)/b7-4-,11-6+. The van der Waals surface area contributed by atoms with Gasteiger partial charge in [-0.2, -0.15) is 0 Å². The molecule has 0 bridgehead atoms. The minimum atomic E-state index is 0.177. The predicted octanol–water partition coefficient (Wildman–Crippen LogP) is 2.59. The Morgan fingerprint density at radius 2 is 2.40 bits per heavy atom. The molecule has 1 rings (SSSR count). The first-order valence-corrected chi connectivity index (χ1v) is 5.50. The lowest BCUT2D eigenvalue weighted by molar-refractivity contribution is -0.120. The van der Waals surface area contributed by atoms with Crippen LogP contribution in [-0.4, -0.2) is 12.5 Å². The molecule has 1 amide bonds. The lowest BCUT2D eigenvalue weighted by Crippen LogP contribution is -2.26. The van der Waals surface area contributed by atoms with E-state index in [1.165, 1.54) is 5.57 Å². The van der Waals surface area contributed by atoms with Crippen LogP contribution in [0.4, 0.5) is 0 Å². The first-order chi connectivity index (χ1) is 7.27. The van der Waals surface area contributed by atoms with Crippen molar-refractivity contribution < 1.29 is 4.79 Å². The third-order valence-corrected chi connectivity index (χ3v) is 2.64. The van der Waals surface area contributed by atoms with Gasteiger partial charge in [0.2, 0.25) is 5.91 Å². The topological polar surface area (TPSA) is 29.1 Å². The molecule has 1 N–H and O–H groups in total. The van der Waals surface area contributed by atoms with E-state index in [0.29, 0.717) is 12.3 Å². The number of nitrogens with one attached hydrogen (secondary N) is 1. The van der Waals surface area contributed by atoms with Crippen LogP contribution in [0.15, 0.2) is 36.5 Å². The molecular weight excluding hydrogens is 186 g/mol. The molecule has 1 unspecified atom stereocenters. The van der Waals surface area contributed by atoms with Crippen molar-refractivity contribution in [2.45, 2.75) is 26.2 Å². The van der Waals surface area contributed by atoms with Gasteiger partial charge in [0, 0.05) is 18.9 Å². The largest absolute Gasteiger partial charge is 0.355 e. The van der Waals surface area contributed by atoms with Crippen LogP contribution >= 0.6 is 0 Å². The Kier molecular flexibility index (Phi) is 4.88. The summed E-state index contributed by atoms with van der Waals surface area (Å²) in [5, 5.41) is 2.94. The fraction of sp³-hybridized carbons (Fsp3) is 0.462. The second-order valence-electron chi connectivity index (χ2n) is 3.80. The van der Waals surface area contributed by atoms with Gasteiger partial charge in [-0.15, -0.1) is 0 Å². The van der Waals surface area contributed by atoms with E-state index in [4.69, 9.17) is 0 Å². The average molecular weight is 205 g/mol. The van der Waals surface area contributed by atoms with Crippen LogP contribution in [0.5, 0.6) is 0 Å². The second-order valence-corrected chi connectivity index (χ2v) is 3.80. The van der Waals surface area contributed by atoms with Crippen LogP contribution in [0, 0.1) is 5.92 Å². The molecule has 1 atom stereocenters. The molecule has 2 heteroatoms. The van der Waals surface area contributed by atoms with E-state index < -0.39 is 0 Å². The maximum Gasteiger partial charge on any atom is 0.220 e. The molecule has 0 aromatic rings. The summed E-state index contributed by atoms with van der Waals surface area (Å²) in [5.74, 6) is 0.613. The molecule has 2 nitrogen and oxygen atoms in total. The molecule has 0 aromatic heterocycles. The highest BCUT2D eigenvalue weighted by molar-refractivity contribution is 5.76. The number of rotatable bonds is 3. The molecule has 15 heavy (non-hydrogen) atoms. The van der Waals surface area contributed by atoms with Crippen molar-refractivity contribution in [3.63, 3.8) is 0 Å². The van der Waals surface area contributed by atoms with Crippen LogP contribution in [0.25, 0.3) is 0 Å². The Balaban J connectivity index is 2.70. The maximum atomic E-state index is 11.2. The molecule has 0 aliphatic carbocycles. The number of allylic oxidation sites excluding steroid dienone is 4. The number of hydrogen-bond acceptors (Lipinski definition) is 1. The zero-order valence-corrected chi connectivity index (χ0v) is 9.33. The highest BCUT2D eigenvalue weighted by Gasteiger charge is 2.17. The summed E-state index contributed by atoms with van der Waals surface area (Å²) in [5.41, 5.74) is 1.26. The zero-order valence-electron chi connectivity index (χ0n) is 9.33. The zero-order chi connectivity index (χ0) is 11.1. The van der Waals surface area contributed by atoms with Crippen molar-refractivity contribution in [2.75, 3.05) is 6.54 Å². The van der Waals surface area contributed by atoms with Crippen LogP contribution in [-0.2, 0) is 4.79 Å². The van der Waals surface area contributed by atoms with E-state index in [2.05, 4.69) is 18.0 Å². The summed E-state index contributed by atoms with van der Waals surface area (Å²) in [6, 6.07) is 0. The minimum absolute atomic E-state index is 0.177. The molecule has 1 aliphatic heterocycles. The van der Waals surface area contributed by atoms with Crippen LogP contribution in [0.1, 0.15) is 26.2 Å². The first-order valence-electron chi connectivity index (χ1n) is 5.50. The van der Waals surface area contributed by atoms with Crippen molar-refractivity contribution in [1.82, 2.24) is 5.32 Å². The van der Waals surface area contributed by atoms with Gasteiger partial charge in [-0.1, -0.05) is 30.9 Å². The molecule has 82 valence electrons. The van der Waals surface area contributed by atoms with Gasteiger partial charge in [0.1, 0.15) is 0 Å². The molecule has 1 heterocycles. The fourth-order valence-electron chi connectivity index (χ4n) is 1.88. The van der Waals surface area contributed by atoms with Crippen LogP contribution in [0.2, 0.25) is 0 Å². The van der Waals surface area contributed by atoms with Gasteiger partial charge in [0.05, 0.1) is 0 Å². The second kappa shape index (κ2) is 6.23. The Morgan fingerprint density at radius 1 is 1.60 bits per heavy atom. The molecule has 1 aliphatic rings. The first kappa shape index (κ1) is 11.8. The monoisotopic (exact) mass is 205 g/mol. The quantitative estimate of drug-likeness (QED) is 0.705. The lowest BCUT2D eigenvalue weighted by Gasteiger charge is -2.15. The number of carbonyl (C=O) groups excluding carboxylic acids is 1.